The van der Waals surface area contributed by atoms with Crippen LogP contribution in [0.1, 0.15) is 22.5 Å². The maximum absolute atomic E-state index is 4.51. The second-order valence-electron chi connectivity index (χ2n) is 7.03. The number of H-pyrrole nitrogens is 2. The quantitative estimate of drug-likeness (QED) is 0.307. The molecule has 0 aliphatic carbocycles. The second kappa shape index (κ2) is 7.32. The first-order valence-electron chi connectivity index (χ1n) is 9.59. The Balaban J connectivity index is 1.38. The highest BCUT2D eigenvalue weighted by molar-refractivity contribution is 6.01. The topological polar surface area (TPSA) is 99.0 Å². The summed E-state index contributed by atoms with van der Waals surface area (Å²) in [5.74, 6) is 0.428. The molecule has 0 amide bonds. The summed E-state index contributed by atoms with van der Waals surface area (Å²) in [7, 11) is 0. The lowest BCUT2D eigenvalue weighted by molar-refractivity contribution is 0.879. The average molecular weight is 396 g/mol. The van der Waals surface area contributed by atoms with E-state index in [0.29, 0.717) is 5.95 Å². The number of para-hydroxylation sites is 2. The largest absolute Gasteiger partial charge is 0.358 e. The highest BCUT2D eigenvalue weighted by Crippen LogP contribution is 2.21. The molecule has 2 aromatic carbocycles. The maximum atomic E-state index is 4.51. The van der Waals surface area contributed by atoms with Crippen LogP contribution < -0.4 is 5.43 Å². The third-order valence-electron chi connectivity index (χ3n) is 5.09. The summed E-state index contributed by atoms with van der Waals surface area (Å²) < 4.78 is 1.56. The summed E-state index contributed by atoms with van der Waals surface area (Å²) in [4.78, 5) is 6.73. The molecular weight excluding hydrogens is 376 g/mol. The van der Waals surface area contributed by atoms with E-state index in [9.17, 15) is 0 Å². The maximum Gasteiger partial charge on any atom is 0.265 e. The molecule has 0 bridgehead atoms. The van der Waals surface area contributed by atoms with E-state index in [1.54, 1.807) is 17.1 Å². The van der Waals surface area contributed by atoms with Crippen LogP contribution in [0.15, 0.2) is 65.1 Å². The molecule has 0 atom stereocenters. The van der Waals surface area contributed by atoms with E-state index >= 15 is 0 Å². The molecule has 3 heterocycles. The zero-order valence-electron chi connectivity index (χ0n) is 16.6. The Morgan fingerprint density at radius 1 is 0.867 bits per heavy atom. The summed E-state index contributed by atoms with van der Waals surface area (Å²) in [6.45, 7) is 4.05. The lowest BCUT2D eigenvalue weighted by Gasteiger charge is -1.99. The predicted molar refractivity (Wildman–Crippen MR) is 120 cm³/mol. The van der Waals surface area contributed by atoms with Crippen LogP contribution in [0.4, 0.5) is 5.95 Å². The fourth-order valence-corrected chi connectivity index (χ4v) is 3.59. The van der Waals surface area contributed by atoms with E-state index in [1.807, 2.05) is 50.2 Å². The molecule has 5 aromatic rings. The highest BCUT2D eigenvalue weighted by Gasteiger charge is 2.08. The molecule has 0 saturated heterocycles. The minimum absolute atomic E-state index is 0.428. The lowest BCUT2D eigenvalue weighted by Crippen LogP contribution is -1.99. The Bertz CT molecular complexity index is 1400. The van der Waals surface area contributed by atoms with Crippen LogP contribution in [0.5, 0.6) is 0 Å². The number of anilines is 1. The molecule has 3 aromatic heterocycles. The van der Waals surface area contributed by atoms with Gasteiger partial charge < -0.3 is 9.97 Å². The van der Waals surface area contributed by atoms with E-state index in [4.69, 9.17) is 0 Å². The van der Waals surface area contributed by atoms with Crippen molar-refractivity contribution in [2.24, 2.45) is 10.2 Å². The van der Waals surface area contributed by atoms with Crippen molar-refractivity contribution in [1.82, 2.24) is 24.8 Å². The Kier molecular flexibility index (Phi) is 4.36. The van der Waals surface area contributed by atoms with Crippen LogP contribution in [0.2, 0.25) is 0 Å². The summed E-state index contributed by atoms with van der Waals surface area (Å²) in [5.41, 5.74) is 9.25. The summed E-state index contributed by atoms with van der Waals surface area (Å²) >= 11 is 0. The van der Waals surface area contributed by atoms with E-state index in [0.717, 1.165) is 44.3 Å². The third kappa shape index (κ3) is 3.14. The second-order valence-corrected chi connectivity index (χ2v) is 7.03. The van der Waals surface area contributed by atoms with Crippen LogP contribution in [0.3, 0.4) is 0 Å². The molecule has 148 valence electrons. The Hall–Kier alpha value is -4.20. The normalized spacial score (nSPS) is 12.1. The molecule has 0 aliphatic heterocycles. The van der Waals surface area contributed by atoms with E-state index in [1.165, 1.54) is 6.33 Å². The van der Waals surface area contributed by atoms with E-state index in [-0.39, 0.29) is 0 Å². The van der Waals surface area contributed by atoms with Gasteiger partial charge in [0.15, 0.2) is 0 Å². The van der Waals surface area contributed by atoms with Crippen molar-refractivity contribution in [1.29, 1.82) is 0 Å². The third-order valence-corrected chi connectivity index (χ3v) is 5.09. The van der Waals surface area contributed by atoms with E-state index < -0.39 is 0 Å². The van der Waals surface area contributed by atoms with Crippen LogP contribution in [-0.4, -0.2) is 37.3 Å². The highest BCUT2D eigenvalue weighted by atomic mass is 15.5. The Morgan fingerprint density at radius 2 is 1.47 bits per heavy atom. The van der Waals surface area contributed by atoms with Gasteiger partial charge in [0.25, 0.3) is 5.95 Å². The molecule has 0 unspecified atom stereocenters. The van der Waals surface area contributed by atoms with Crippen molar-refractivity contribution < 1.29 is 0 Å². The first kappa shape index (κ1) is 17.9. The van der Waals surface area contributed by atoms with Gasteiger partial charge in [-0.3, -0.25) is 0 Å². The number of benzene rings is 2. The van der Waals surface area contributed by atoms with E-state index in [2.05, 4.69) is 47.9 Å². The van der Waals surface area contributed by atoms with Gasteiger partial charge in [0.05, 0.1) is 12.4 Å². The minimum atomic E-state index is 0.428. The number of hydrazone groups is 1. The van der Waals surface area contributed by atoms with Crippen molar-refractivity contribution in [2.75, 3.05) is 5.43 Å². The van der Waals surface area contributed by atoms with Gasteiger partial charge in [-0.05, 0) is 26.0 Å². The molecule has 0 radical (unpaired) electrons. The molecule has 0 fully saturated rings. The first-order chi connectivity index (χ1) is 14.7. The van der Waals surface area contributed by atoms with Crippen molar-refractivity contribution in [3.63, 3.8) is 0 Å². The number of hydrogen-bond donors (Lipinski definition) is 3. The number of hydrogen-bond acceptors (Lipinski definition) is 5. The SMILES string of the molecule is Cc1[nH]c2ccccc2c1C=NNc1nncn1N=Cc1c(C)[nH]c2ccccc12. The van der Waals surface area contributed by atoms with Gasteiger partial charge in [0.2, 0.25) is 0 Å². The average Bonchev–Trinajstić information content (AvgIpc) is 3.42. The summed E-state index contributed by atoms with van der Waals surface area (Å²) in [5, 5.41) is 19.1. The molecule has 8 nitrogen and oxygen atoms in total. The van der Waals surface area contributed by atoms with Gasteiger partial charge >= 0.3 is 0 Å². The lowest BCUT2D eigenvalue weighted by atomic mass is 10.1. The van der Waals surface area contributed by atoms with Gasteiger partial charge in [-0.2, -0.15) is 14.9 Å². The number of rotatable bonds is 5. The zero-order valence-corrected chi connectivity index (χ0v) is 16.6. The monoisotopic (exact) mass is 396 g/mol. The molecule has 3 N–H and O–H groups in total. The van der Waals surface area contributed by atoms with Gasteiger partial charge in [0.1, 0.15) is 6.33 Å². The fourth-order valence-electron chi connectivity index (χ4n) is 3.59. The summed E-state index contributed by atoms with van der Waals surface area (Å²) in [6.07, 6.45) is 5.12. The molecule has 0 spiro atoms. The zero-order chi connectivity index (χ0) is 20.5. The predicted octanol–water partition coefficient (Wildman–Crippen LogP) is 4.19. The van der Waals surface area contributed by atoms with Crippen molar-refractivity contribution >= 4 is 40.2 Å². The molecular formula is C22H20N8. The van der Waals surface area contributed by atoms with Gasteiger partial charge in [-0.1, -0.05) is 36.4 Å². The van der Waals surface area contributed by atoms with Gasteiger partial charge in [0, 0.05) is 44.3 Å². The fraction of sp³-hybridized carbons (Fsp3) is 0.0909. The van der Waals surface area contributed by atoms with Crippen molar-refractivity contribution in [3.05, 3.63) is 77.4 Å². The molecule has 0 saturated carbocycles. The van der Waals surface area contributed by atoms with Crippen molar-refractivity contribution in [2.45, 2.75) is 13.8 Å². The number of fused-ring (bicyclic) bond motifs is 2. The number of aromatic nitrogens is 5. The number of nitrogens with zero attached hydrogens (tertiary/aromatic N) is 5. The number of nitrogens with one attached hydrogen (secondary N) is 3. The standard InChI is InChI=1S/C22H20N8/c1-14-18(16-7-3-5-9-20(16)26-14)11-23-28-22-29-24-13-30(22)25-12-19-15(2)27-21-10-6-4-8-17(19)21/h3-13,26-27H,1-2H3,(H,28,29). The Labute approximate surface area is 172 Å². The Morgan fingerprint density at radius 3 is 2.13 bits per heavy atom. The molecule has 8 heteroatoms. The summed E-state index contributed by atoms with van der Waals surface area (Å²) in [6, 6.07) is 16.3. The van der Waals surface area contributed by atoms with Crippen LogP contribution in [-0.2, 0) is 0 Å². The number of aryl methyl sites for hydroxylation is 2. The smallest absolute Gasteiger partial charge is 0.265 e. The van der Waals surface area contributed by atoms with Gasteiger partial charge in [-0.25, -0.2) is 5.43 Å². The van der Waals surface area contributed by atoms with Crippen molar-refractivity contribution in [3.8, 4) is 0 Å². The van der Waals surface area contributed by atoms with Crippen LogP contribution in [0.25, 0.3) is 21.8 Å². The van der Waals surface area contributed by atoms with Gasteiger partial charge in [-0.15, -0.1) is 10.2 Å². The van der Waals surface area contributed by atoms with Crippen LogP contribution >= 0.6 is 0 Å². The number of aromatic amines is 2. The van der Waals surface area contributed by atoms with Crippen LogP contribution in [0, 0.1) is 13.8 Å². The minimum Gasteiger partial charge on any atom is -0.358 e. The molecule has 0 aliphatic rings. The molecule has 30 heavy (non-hydrogen) atoms. The first-order valence-corrected chi connectivity index (χ1v) is 9.59. The molecule has 5 rings (SSSR count).